The molecule has 1 aromatic carbocycles. The van der Waals surface area contributed by atoms with Gasteiger partial charge in [0.15, 0.2) is 0 Å². The van der Waals surface area contributed by atoms with Crippen molar-refractivity contribution in [3.63, 3.8) is 0 Å². The van der Waals surface area contributed by atoms with Crippen LogP contribution in [0.1, 0.15) is 12.6 Å². The maximum absolute atomic E-state index is 5.66. The van der Waals surface area contributed by atoms with Gasteiger partial charge in [-0.2, -0.15) is 0 Å². The van der Waals surface area contributed by atoms with Crippen molar-refractivity contribution in [3.05, 3.63) is 42.4 Å². The average Bonchev–Trinajstić information content (AvgIpc) is 2.46. The minimum Gasteiger partial charge on any atom is -0.497 e. The molecule has 2 rings (SSSR count). The van der Waals surface area contributed by atoms with Gasteiger partial charge in [-0.3, -0.25) is 4.98 Å². The molecule has 100 valence electrons. The minimum absolute atomic E-state index is 0.476. The number of nitrogens with zero attached hydrogens (tertiary/aromatic N) is 2. The smallest absolute Gasteiger partial charge is 0.238 e. The summed E-state index contributed by atoms with van der Waals surface area (Å²) in [6.07, 6.45) is 3.32. The molecule has 0 bridgehead atoms. The molecular weight excluding hydrogens is 242 g/mol. The minimum atomic E-state index is 0.476. The van der Waals surface area contributed by atoms with Crippen LogP contribution in [0.4, 0.5) is 0 Å². The first-order valence-corrected chi connectivity index (χ1v) is 6.15. The van der Waals surface area contributed by atoms with Gasteiger partial charge in [0.25, 0.3) is 0 Å². The van der Waals surface area contributed by atoms with E-state index in [0.717, 1.165) is 18.0 Å². The third-order valence-corrected chi connectivity index (χ3v) is 2.48. The molecule has 19 heavy (non-hydrogen) atoms. The number of aromatic nitrogens is 2. The van der Waals surface area contributed by atoms with E-state index in [1.807, 2.05) is 25.1 Å². The summed E-state index contributed by atoms with van der Waals surface area (Å²) in [5, 5.41) is 3.20. The number of rotatable bonds is 6. The van der Waals surface area contributed by atoms with Crippen LogP contribution in [0.15, 0.2) is 36.7 Å². The average molecular weight is 259 g/mol. The van der Waals surface area contributed by atoms with Crippen LogP contribution < -0.4 is 14.8 Å². The predicted molar refractivity (Wildman–Crippen MR) is 72.5 cm³/mol. The first kappa shape index (κ1) is 13.3. The lowest BCUT2D eigenvalue weighted by molar-refractivity contribution is 0.406. The van der Waals surface area contributed by atoms with Crippen molar-refractivity contribution in [2.24, 2.45) is 0 Å². The maximum Gasteiger partial charge on any atom is 0.238 e. The van der Waals surface area contributed by atoms with E-state index < -0.39 is 0 Å². The van der Waals surface area contributed by atoms with E-state index in [1.54, 1.807) is 25.6 Å². The molecule has 5 nitrogen and oxygen atoms in total. The second-order valence-corrected chi connectivity index (χ2v) is 3.91. The highest BCUT2D eigenvalue weighted by Crippen LogP contribution is 2.23. The van der Waals surface area contributed by atoms with Crippen molar-refractivity contribution in [2.45, 2.75) is 13.5 Å². The fourth-order valence-electron chi connectivity index (χ4n) is 1.56. The van der Waals surface area contributed by atoms with Crippen molar-refractivity contribution < 1.29 is 9.47 Å². The Bertz CT molecular complexity index is 532. The van der Waals surface area contributed by atoms with Crippen molar-refractivity contribution in [1.29, 1.82) is 0 Å². The molecule has 0 fully saturated rings. The summed E-state index contributed by atoms with van der Waals surface area (Å²) in [4.78, 5) is 8.49. The highest BCUT2D eigenvalue weighted by atomic mass is 16.5. The maximum atomic E-state index is 5.66. The Balaban J connectivity index is 2.09. The quantitative estimate of drug-likeness (QED) is 0.863. The molecule has 0 saturated carbocycles. The van der Waals surface area contributed by atoms with Gasteiger partial charge in [-0.1, -0.05) is 13.0 Å². The molecule has 0 aliphatic carbocycles. The molecule has 2 aromatic rings. The van der Waals surface area contributed by atoms with E-state index in [-0.39, 0.29) is 0 Å². The van der Waals surface area contributed by atoms with Gasteiger partial charge >= 0.3 is 0 Å². The van der Waals surface area contributed by atoms with Gasteiger partial charge in [-0.25, -0.2) is 4.98 Å². The lowest BCUT2D eigenvalue weighted by Crippen LogP contribution is -2.13. The number of methoxy groups -OCH3 is 1. The first-order chi connectivity index (χ1) is 9.31. The van der Waals surface area contributed by atoms with Gasteiger partial charge in [-0.15, -0.1) is 0 Å². The Morgan fingerprint density at radius 2 is 2.05 bits per heavy atom. The summed E-state index contributed by atoms with van der Waals surface area (Å²) < 4.78 is 10.8. The number of hydrogen-bond acceptors (Lipinski definition) is 5. The summed E-state index contributed by atoms with van der Waals surface area (Å²) in [6, 6.07) is 7.38. The van der Waals surface area contributed by atoms with Crippen LogP contribution in [0.5, 0.6) is 17.4 Å². The van der Waals surface area contributed by atoms with E-state index in [9.17, 15) is 0 Å². The summed E-state index contributed by atoms with van der Waals surface area (Å²) >= 11 is 0. The Morgan fingerprint density at radius 1 is 1.21 bits per heavy atom. The van der Waals surface area contributed by atoms with E-state index in [1.165, 1.54) is 0 Å². The molecule has 0 atom stereocenters. The van der Waals surface area contributed by atoms with Crippen LogP contribution in [0, 0.1) is 0 Å². The molecule has 0 saturated heterocycles. The molecule has 0 aliphatic rings. The van der Waals surface area contributed by atoms with Crippen molar-refractivity contribution in [2.75, 3.05) is 13.7 Å². The monoisotopic (exact) mass is 259 g/mol. The van der Waals surface area contributed by atoms with Crippen molar-refractivity contribution in [3.8, 4) is 17.4 Å². The second-order valence-electron chi connectivity index (χ2n) is 3.91. The molecule has 1 N–H and O–H groups in total. The number of benzene rings is 1. The largest absolute Gasteiger partial charge is 0.497 e. The van der Waals surface area contributed by atoms with Crippen LogP contribution >= 0.6 is 0 Å². The zero-order chi connectivity index (χ0) is 13.5. The molecule has 1 heterocycles. The summed E-state index contributed by atoms with van der Waals surface area (Å²) in [5.41, 5.74) is 0.849. The van der Waals surface area contributed by atoms with E-state index >= 15 is 0 Å². The summed E-state index contributed by atoms with van der Waals surface area (Å²) in [7, 11) is 1.62. The Labute approximate surface area is 112 Å². The van der Waals surface area contributed by atoms with Crippen LogP contribution in [0.2, 0.25) is 0 Å². The normalized spacial score (nSPS) is 10.2. The fourth-order valence-corrected chi connectivity index (χ4v) is 1.56. The zero-order valence-corrected chi connectivity index (χ0v) is 11.1. The van der Waals surface area contributed by atoms with Crippen LogP contribution in [0.3, 0.4) is 0 Å². The highest BCUT2D eigenvalue weighted by Gasteiger charge is 2.02. The van der Waals surface area contributed by atoms with Gasteiger partial charge < -0.3 is 14.8 Å². The van der Waals surface area contributed by atoms with E-state index in [0.29, 0.717) is 18.2 Å². The lowest BCUT2D eigenvalue weighted by Gasteiger charge is -2.07. The molecule has 0 amide bonds. The SMILES string of the molecule is CCNCc1cncc(Oc2cccc(OC)c2)n1. The molecule has 0 aliphatic heterocycles. The molecule has 0 spiro atoms. The fraction of sp³-hybridized carbons (Fsp3) is 0.286. The van der Waals surface area contributed by atoms with Gasteiger partial charge in [-0.05, 0) is 18.7 Å². The zero-order valence-electron chi connectivity index (χ0n) is 11.1. The third kappa shape index (κ3) is 3.93. The molecule has 5 heteroatoms. The Morgan fingerprint density at radius 3 is 2.84 bits per heavy atom. The van der Waals surface area contributed by atoms with Crippen LogP contribution in [-0.4, -0.2) is 23.6 Å². The predicted octanol–water partition coefficient (Wildman–Crippen LogP) is 2.39. The van der Waals surface area contributed by atoms with Gasteiger partial charge in [0, 0.05) is 18.8 Å². The number of hydrogen-bond donors (Lipinski definition) is 1. The highest BCUT2D eigenvalue weighted by molar-refractivity contribution is 5.34. The number of ether oxygens (including phenoxy) is 2. The van der Waals surface area contributed by atoms with Gasteiger partial charge in [0.1, 0.15) is 11.5 Å². The van der Waals surface area contributed by atoms with Crippen LogP contribution in [-0.2, 0) is 6.54 Å². The van der Waals surface area contributed by atoms with Crippen LogP contribution in [0.25, 0.3) is 0 Å². The lowest BCUT2D eigenvalue weighted by atomic mass is 10.3. The van der Waals surface area contributed by atoms with Crippen molar-refractivity contribution in [1.82, 2.24) is 15.3 Å². The Kier molecular flexibility index (Phi) is 4.69. The van der Waals surface area contributed by atoms with E-state index in [2.05, 4.69) is 15.3 Å². The molecule has 0 radical (unpaired) electrons. The Hall–Kier alpha value is -2.14. The summed E-state index contributed by atoms with van der Waals surface area (Å²) in [5.74, 6) is 1.90. The number of nitrogens with one attached hydrogen (secondary N) is 1. The molecular formula is C14H17N3O2. The molecule has 1 aromatic heterocycles. The topological polar surface area (TPSA) is 56.3 Å². The molecule has 0 unspecified atom stereocenters. The standard InChI is InChI=1S/C14H17N3O2/c1-3-15-8-11-9-16-10-14(17-11)19-13-6-4-5-12(7-13)18-2/h4-7,9-10,15H,3,8H2,1-2H3. The van der Waals surface area contributed by atoms with E-state index in [4.69, 9.17) is 9.47 Å². The second kappa shape index (κ2) is 6.70. The third-order valence-electron chi connectivity index (χ3n) is 2.48. The van der Waals surface area contributed by atoms with Gasteiger partial charge in [0.05, 0.1) is 19.0 Å². The first-order valence-electron chi connectivity index (χ1n) is 6.15. The van der Waals surface area contributed by atoms with Crippen molar-refractivity contribution >= 4 is 0 Å². The summed E-state index contributed by atoms with van der Waals surface area (Å²) in [6.45, 7) is 3.62. The van der Waals surface area contributed by atoms with Gasteiger partial charge in [0.2, 0.25) is 5.88 Å².